The van der Waals surface area contributed by atoms with E-state index in [1.807, 2.05) is 0 Å². The Morgan fingerprint density at radius 1 is 1.55 bits per heavy atom. The van der Waals surface area contributed by atoms with E-state index in [2.05, 4.69) is 4.42 Å². The molecule has 4 heteroatoms. The Balaban J connectivity index is 3.36. The van der Waals surface area contributed by atoms with Crippen LogP contribution in [-0.2, 0) is 6.42 Å². The molecule has 4 nitrogen and oxygen atoms in total. The summed E-state index contributed by atoms with van der Waals surface area (Å²) in [5.74, 6) is -0.680. The van der Waals surface area contributed by atoms with Gasteiger partial charge in [-0.2, -0.15) is 0 Å². The van der Waals surface area contributed by atoms with Crippen LogP contribution in [0, 0.1) is 0 Å². The zero-order valence-electron chi connectivity index (χ0n) is 6.00. The molecule has 0 spiro atoms. The van der Waals surface area contributed by atoms with Gasteiger partial charge < -0.3 is 14.6 Å². The van der Waals surface area contributed by atoms with E-state index >= 15 is 0 Å². The first-order valence-corrected chi connectivity index (χ1v) is 3.20. The van der Waals surface area contributed by atoms with Gasteiger partial charge in [0.15, 0.2) is 17.3 Å². The second-order valence-electron chi connectivity index (χ2n) is 2.08. The van der Waals surface area contributed by atoms with E-state index in [-0.39, 0.29) is 11.5 Å². The normalized spacial score (nSPS) is 9.91. The first-order chi connectivity index (χ1) is 5.15. The zero-order chi connectivity index (χ0) is 8.43. The molecule has 0 aromatic carbocycles. The Hall–Kier alpha value is -1.45. The van der Waals surface area contributed by atoms with Gasteiger partial charge in [-0.05, 0) is 0 Å². The van der Waals surface area contributed by atoms with E-state index in [1.165, 1.54) is 0 Å². The second-order valence-corrected chi connectivity index (χ2v) is 2.08. The highest BCUT2D eigenvalue weighted by Gasteiger charge is 2.07. The van der Waals surface area contributed by atoms with Gasteiger partial charge >= 0.3 is 5.63 Å². The molecule has 0 fully saturated rings. The van der Waals surface area contributed by atoms with Crippen molar-refractivity contribution in [2.24, 2.45) is 0 Å². The highest BCUT2D eigenvalue weighted by atomic mass is 16.4. The van der Waals surface area contributed by atoms with E-state index < -0.39 is 11.4 Å². The number of aromatic hydroxyl groups is 2. The van der Waals surface area contributed by atoms with Gasteiger partial charge in [-0.3, -0.25) is 0 Å². The van der Waals surface area contributed by atoms with Gasteiger partial charge in [0, 0.05) is 6.42 Å². The van der Waals surface area contributed by atoms with Gasteiger partial charge in [0.25, 0.3) is 0 Å². The van der Waals surface area contributed by atoms with Crippen molar-refractivity contribution in [1.82, 2.24) is 0 Å². The third kappa shape index (κ3) is 1.34. The lowest BCUT2D eigenvalue weighted by Crippen LogP contribution is -1.98. The van der Waals surface area contributed by atoms with Crippen LogP contribution in [0.4, 0.5) is 0 Å². The fraction of sp³-hybridized carbons (Fsp3) is 0.286. The molecule has 0 saturated heterocycles. The van der Waals surface area contributed by atoms with Crippen LogP contribution >= 0.6 is 0 Å². The molecule has 1 aromatic rings. The zero-order valence-corrected chi connectivity index (χ0v) is 6.00. The molecule has 0 atom stereocenters. The van der Waals surface area contributed by atoms with Crippen molar-refractivity contribution in [3.63, 3.8) is 0 Å². The minimum Gasteiger partial charge on any atom is -0.504 e. The van der Waals surface area contributed by atoms with Gasteiger partial charge in [-0.25, -0.2) is 4.79 Å². The number of rotatable bonds is 1. The molecule has 0 aliphatic rings. The Kier molecular flexibility index (Phi) is 1.85. The maximum absolute atomic E-state index is 10.6. The summed E-state index contributed by atoms with van der Waals surface area (Å²) < 4.78 is 4.57. The lowest BCUT2D eigenvalue weighted by Gasteiger charge is -1.99. The van der Waals surface area contributed by atoms with Crippen LogP contribution in [0.1, 0.15) is 12.7 Å². The average molecular weight is 156 g/mol. The molecular formula is C7H8O4. The number of hydrogen-bond acceptors (Lipinski definition) is 4. The second kappa shape index (κ2) is 2.65. The molecule has 1 aromatic heterocycles. The van der Waals surface area contributed by atoms with E-state index in [9.17, 15) is 4.79 Å². The Bertz CT molecular complexity index is 313. The van der Waals surface area contributed by atoms with E-state index in [0.29, 0.717) is 6.42 Å². The minimum atomic E-state index is -0.655. The molecule has 0 unspecified atom stereocenters. The Labute approximate surface area is 62.7 Å². The summed E-state index contributed by atoms with van der Waals surface area (Å²) in [4.78, 5) is 10.6. The molecule has 0 aliphatic heterocycles. The van der Waals surface area contributed by atoms with Crippen molar-refractivity contribution < 1.29 is 14.6 Å². The largest absolute Gasteiger partial charge is 0.504 e. The molecule has 2 N–H and O–H groups in total. The monoisotopic (exact) mass is 156 g/mol. The molecule has 0 amide bonds. The summed E-state index contributed by atoms with van der Waals surface area (Å²) in [6.45, 7) is 1.71. The topological polar surface area (TPSA) is 70.7 Å². The van der Waals surface area contributed by atoms with Crippen LogP contribution in [-0.4, -0.2) is 10.2 Å². The van der Waals surface area contributed by atoms with Crippen molar-refractivity contribution in [3.8, 4) is 11.5 Å². The van der Waals surface area contributed by atoms with E-state index in [0.717, 1.165) is 6.07 Å². The van der Waals surface area contributed by atoms with Crippen LogP contribution in [0.5, 0.6) is 11.5 Å². The van der Waals surface area contributed by atoms with Crippen LogP contribution in [0.3, 0.4) is 0 Å². The van der Waals surface area contributed by atoms with Crippen molar-refractivity contribution in [2.45, 2.75) is 13.3 Å². The first-order valence-electron chi connectivity index (χ1n) is 3.20. The fourth-order valence-electron chi connectivity index (χ4n) is 0.762. The van der Waals surface area contributed by atoms with Gasteiger partial charge in [-0.15, -0.1) is 0 Å². The van der Waals surface area contributed by atoms with Gasteiger partial charge in [-0.1, -0.05) is 6.92 Å². The average Bonchev–Trinajstić information content (AvgIpc) is 1.96. The molecule has 0 radical (unpaired) electrons. The molecular weight excluding hydrogens is 148 g/mol. The maximum atomic E-state index is 10.6. The van der Waals surface area contributed by atoms with E-state index in [4.69, 9.17) is 10.2 Å². The SMILES string of the molecule is CCc1oc(=O)cc(O)c1O. The highest BCUT2D eigenvalue weighted by molar-refractivity contribution is 5.37. The quantitative estimate of drug-likeness (QED) is 0.625. The smallest absolute Gasteiger partial charge is 0.339 e. The lowest BCUT2D eigenvalue weighted by molar-refractivity contribution is 0.352. The number of hydrogen-bond donors (Lipinski definition) is 2. The molecule has 0 saturated carbocycles. The highest BCUT2D eigenvalue weighted by Crippen LogP contribution is 2.26. The Morgan fingerprint density at radius 3 is 2.73 bits per heavy atom. The standard InChI is InChI=1S/C7H8O4/c1-2-5-7(10)4(8)3-6(9)11-5/h3,8,10H,2H2,1H3. The summed E-state index contributed by atoms with van der Waals surface area (Å²) in [5.41, 5.74) is -0.655. The fourth-order valence-corrected chi connectivity index (χ4v) is 0.762. The number of aryl methyl sites for hydroxylation is 1. The van der Waals surface area contributed by atoms with Gasteiger partial charge in [0.05, 0.1) is 6.07 Å². The van der Waals surface area contributed by atoms with Crippen LogP contribution in [0.15, 0.2) is 15.3 Å². The van der Waals surface area contributed by atoms with Crippen molar-refractivity contribution in [3.05, 3.63) is 22.2 Å². The summed E-state index contributed by atoms with van der Waals surface area (Å²) in [6, 6.07) is 0.828. The molecule has 11 heavy (non-hydrogen) atoms. The van der Waals surface area contributed by atoms with Crippen molar-refractivity contribution >= 4 is 0 Å². The summed E-state index contributed by atoms with van der Waals surface area (Å²) in [7, 11) is 0. The maximum Gasteiger partial charge on any atom is 0.339 e. The van der Waals surface area contributed by atoms with Crippen LogP contribution < -0.4 is 5.63 Å². The summed E-state index contributed by atoms with van der Waals surface area (Å²) >= 11 is 0. The molecule has 0 bridgehead atoms. The van der Waals surface area contributed by atoms with Crippen LogP contribution in [0.2, 0.25) is 0 Å². The Morgan fingerprint density at radius 2 is 2.18 bits per heavy atom. The van der Waals surface area contributed by atoms with E-state index in [1.54, 1.807) is 6.92 Å². The summed E-state index contributed by atoms with van der Waals surface area (Å²) in [5, 5.41) is 17.9. The lowest BCUT2D eigenvalue weighted by atomic mass is 10.3. The first kappa shape index (κ1) is 7.65. The van der Waals surface area contributed by atoms with Gasteiger partial charge in [0.2, 0.25) is 0 Å². The van der Waals surface area contributed by atoms with Crippen LogP contribution in [0.25, 0.3) is 0 Å². The predicted molar refractivity (Wildman–Crippen MR) is 37.7 cm³/mol. The van der Waals surface area contributed by atoms with Crippen molar-refractivity contribution in [2.75, 3.05) is 0 Å². The molecule has 0 aliphatic carbocycles. The third-order valence-corrected chi connectivity index (χ3v) is 1.31. The van der Waals surface area contributed by atoms with Gasteiger partial charge in [0.1, 0.15) is 0 Å². The summed E-state index contributed by atoms with van der Waals surface area (Å²) in [6.07, 6.45) is 0.371. The molecule has 1 rings (SSSR count). The predicted octanol–water partition coefficient (Wildman–Crippen LogP) is 0.613. The third-order valence-electron chi connectivity index (χ3n) is 1.31. The molecule has 1 heterocycles. The van der Waals surface area contributed by atoms with Crippen molar-refractivity contribution in [1.29, 1.82) is 0 Å². The molecule has 60 valence electrons. The minimum absolute atomic E-state index is 0.106.